The Hall–Kier alpha value is -9.56. The summed E-state index contributed by atoms with van der Waals surface area (Å²) >= 11 is 1.77. The lowest BCUT2D eigenvalue weighted by atomic mass is 9.93. The molecule has 0 amide bonds. The zero-order valence-corrected chi connectivity index (χ0v) is 47.4. The number of rotatable bonds is 6. The van der Waals surface area contributed by atoms with Gasteiger partial charge in [0, 0.05) is 66.6 Å². The number of fused-ring (bicyclic) bond motifs is 13. The van der Waals surface area contributed by atoms with E-state index in [1.165, 1.54) is 87.6 Å². The second kappa shape index (κ2) is 17.5. The highest BCUT2D eigenvalue weighted by Crippen LogP contribution is 2.55. The number of hydrogen-bond acceptors (Lipinski definition) is 3. The molecule has 10 aromatic carbocycles. The van der Waals surface area contributed by atoms with Crippen molar-refractivity contribution in [3.05, 3.63) is 239 Å². The van der Waals surface area contributed by atoms with E-state index < -0.39 is 0 Å². The largest absolute Gasteiger partial charge is 0.306 e. The van der Waals surface area contributed by atoms with E-state index in [4.69, 9.17) is 9.97 Å². The molecule has 0 aliphatic rings. The average molecular weight is 1060 g/mol. The third-order valence-corrected chi connectivity index (χ3v) is 18.1. The van der Waals surface area contributed by atoms with Crippen LogP contribution in [0.2, 0.25) is 0 Å². The number of benzene rings is 10. The molecule has 388 valence electrons. The van der Waals surface area contributed by atoms with Gasteiger partial charge in [-0.1, -0.05) is 111 Å². The Bertz CT molecular complexity index is 4840. The normalized spacial score (nSPS) is 12.2. The molecule has 0 saturated heterocycles. The molecule has 0 bridgehead atoms. The quantitative estimate of drug-likeness (QED) is 0.167. The van der Waals surface area contributed by atoms with Crippen LogP contribution in [-0.2, 0) is 0 Å². The Morgan fingerprint density at radius 3 is 0.889 bits per heavy atom. The van der Waals surface area contributed by atoms with Gasteiger partial charge >= 0.3 is 0 Å². The lowest BCUT2D eigenvalue weighted by molar-refractivity contribution is 1.05. The van der Waals surface area contributed by atoms with Gasteiger partial charge < -0.3 is 18.3 Å². The highest BCUT2D eigenvalue weighted by Gasteiger charge is 2.36. The van der Waals surface area contributed by atoms with Gasteiger partial charge in [0.15, 0.2) is 0 Å². The molecule has 16 rings (SSSR count). The minimum Gasteiger partial charge on any atom is -0.306 e. The number of pyridine rings is 1. The van der Waals surface area contributed by atoms with Gasteiger partial charge in [0.2, 0.25) is 0 Å². The van der Waals surface area contributed by atoms with Gasteiger partial charge in [-0.25, -0.2) is 4.98 Å². The van der Waals surface area contributed by atoms with Crippen LogP contribution < -0.4 is 0 Å². The summed E-state index contributed by atoms with van der Waals surface area (Å²) in [6.07, 6.45) is 4.00. The summed E-state index contributed by atoms with van der Waals surface area (Å²) in [7, 11) is 0. The van der Waals surface area contributed by atoms with Crippen molar-refractivity contribution in [1.29, 1.82) is 0 Å². The van der Waals surface area contributed by atoms with Gasteiger partial charge in [-0.2, -0.15) is 0 Å². The van der Waals surface area contributed by atoms with Crippen molar-refractivity contribution in [2.24, 2.45) is 0 Å². The zero-order valence-electron chi connectivity index (χ0n) is 46.6. The summed E-state index contributed by atoms with van der Waals surface area (Å²) in [5, 5.41) is 10.5. The zero-order chi connectivity index (χ0) is 54.7. The first-order chi connectivity index (χ1) is 39.4. The van der Waals surface area contributed by atoms with E-state index in [2.05, 4.69) is 262 Å². The SMILES string of the molecule is Cc1ccc2c(c1)c1cc(C)ccc1n2-c1c(-c2cccnc2)c(-n2c3ccc(C)cc3c3cc(C)ccc32)c(-n2c3ccc(C)cc3c3cc(C)ccc32)c(-c2nc3ccccc3s2)c1-n1c2ccc(C)cc2c2cc(C)ccc21. The summed E-state index contributed by atoms with van der Waals surface area (Å²) in [6, 6.07) is 69.2. The predicted molar refractivity (Wildman–Crippen MR) is 344 cm³/mol. The Kier molecular flexibility index (Phi) is 10.2. The molecule has 6 heterocycles. The van der Waals surface area contributed by atoms with Crippen molar-refractivity contribution in [2.45, 2.75) is 55.4 Å². The minimum absolute atomic E-state index is 0.921. The lowest BCUT2D eigenvalue weighted by Gasteiger charge is -2.30. The standard InChI is InChI=1S/C74H56N6S/c1-41-15-23-59-50(32-41)51-33-42(2)16-24-60(51)77(59)70-68(49-12-11-31-75-40-49)71(78-61-25-17-43(3)34-52(61)53-35-44(4)18-26-62(53)78)73(80-65-29-21-47(7)38-56(65)57-39-48(8)22-30-66(57)80)69(74-76-58-13-9-10-14-67(58)81-74)72(70)79-63-27-19-45(5)36-54(63)55-37-46(6)20-28-64(55)79/h9-40H,1-8H3. The first kappa shape index (κ1) is 47.4. The molecule has 0 spiro atoms. The maximum absolute atomic E-state index is 5.90. The molecule has 0 fully saturated rings. The predicted octanol–water partition coefficient (Wildman–Crippen LogP) is 19.9. The van der Waals surface area contributed by atoms with E-state index in [1.807, 2.05) is 6.20 Å². The van der Waals surface area contributed by atoms with Crippen molar-refractivity contribution in [3.8, 4) is 44.4 Å². The molecule has 81 heavy (non-hydrogen) atoms. The molecule has 0 atom stereocenters. The van der Waals surface area contributed by atoms with E-state index in [0.29, 0.717) is 0 Å². The number of hydrogen-bond donors (Lipinski definition) is 0. The van der Waals surface area contributed by atoms with Crippen LogP contribution in [0, 0.1) is 55.4 Å². The van der Waals surface area contributed by atoms with Crippen LogP contribution in [0.4, 0.5) is 0 Å². The van der Waals surface area contributed by atoms with Crippen LogP contribution in [0.1, 0.15) is 44.5 Å². The molecular formula is C74H56N6S. The molecule has 16 aromatic rings. The van der Waals surface area contributed by atoms with Crippen LogP contribution in [0.25, 0.3) is 142 Å². The number of aromatic nitrogens is 6. The van der Waals surface area contributed by atoms with E-state index in [-0.39, 0.29) is 0 Å². The van der Waals surface area contributed by atoms with Crippen molar-refractivity contribution < 1.29 is 0 Å². The topological polar surface area (TPSA) is 45.5 Å². The van der Waals surface area contributed by atoms with Gasteiger partial charge in [0.1, 0.15) is 5.01 Å². The minimum atomic E-state index is 0.921. The summed E-state index contributed by atoms with van der Waals surface area (Å²) in [6.45, 7) is 17.7. The number of thiazole rings is 1. The maximum atomic E-state index is 5.90. The average Bonchev–Trinajstić information content (AvgIpc) is 3.33. The van der Waals surface area contributed by atoms with Crippen molar-refractivity contribution in [1.82, 2.24) is 28.2 Å². The van der Waals surface area contributed by atoms with Crippen LogP contribution >= 0.6 is 11.3 Å². The van der Waals surface area contributed by atoms with Gasteiger partial charge in [-0.15, -0.1) is 11.3 Å². The summed E-state index contributed by atoms with van der Waals surface area (Å²) in [4.78, 5) is 11.0. The number of para-hydroxylation sites is 1. The molecule has 6 aromatic heterocycles. The first-order valence-electron chi connectivity index (χ1n) is 28.0. The highest BCUT2D eigenvalue weighted by atomic mass is 32.1. The summed E-state index contributed by atoms with van der Waals surface area (Å²) < 4.78 is 11.5. The second-order valence-electron chi connectivity index (χ2n) is 22.9. The molecule has 0 unspecified atom stereocenters. The Morgan fingerprint density at radius 1 is 0.309 bits per heavy atom. The van der Waals surface area contributed by atoms with Gasteiger partial charge in [0.25, 0.3) is 0 Å². The van der Waals surface area contributed by atoms with E-state index in [9.17, 15) is 0 Å². The number of nitrogens with zero attached hydrogens (tertiary/aromatic N) is 6. The molecular weight excluding hydrogens is 1000 g/mol. The highest BCUT2D eigenvalue weighted by molar-refractivity contribution is 7.21. The molecule has 7 heteroatoms. The fourth-order valence-corrected chi connectivity index (χ4v) is 14.5. The fourth-order valence-electron chi connectivity index (χ4n) is 13.5. The monoisotopic (exact) mass is 1060 g/mol. The summed E-state index contributed by atoms with van der Waals surface area (Å²) in [5.41, 5.74) is 26.8. The number of aryl methyl sites for hydroxylation is 8. The lowest BCUT2D eigenvalue weighted by Crippen LogP contribution is -2.16. The van der Waals surface area contributed by atoms with E-state index in [1.54, 1.807) is 11.3 Å². The molecule has 0 aliphatic heterocycles. The van der Waals surface area contributed by atoms with Crippen LogP contribution in [0.5, 0.6) is 0 Å². The van der Waals surface area contributed by atoms with Crippen LogP contribution in [-0.4, -0.2) is 28.2 Å². The molecule has 0 aliphatic carbocycles. The maximum Gasteiger partial charge on any atom is 0.129 e. The Morgan fingerprint density at radius 2 is 0.605 bits per heavy atom. The van der Waals surface area contributed by atoms with Crippen LogP contribution in [0.3, 0.4) is 0 Å². The van der Waals surface area contributed by atoms with E-state index in [0.717, 1.165) is 98.8 Å². The summed E-state index contributed by atoms with van der Waals surface area (Å²) in [5.74, 6) is 0. The smallest absolute Gasteiger partial charge is 0.129 e. The first-order valence-corrected chi connectivity index (χ1v) is 28.8. The Balaban J connectivity index is 1.31. The van der Waals surface area contributed by atoms with Crippen molar-refractivity contribution in [2.75, 3.05) is 0 Å². The van der Waals surface area contributed by atoms with Gasteiger partial charge in [-0.05, 0) is 171 Å². The van der Waals surface area contributed by atoms with Crippen molar-refractivity contribution >= 4 is 109 Å². The second-order valence-corrected chi connectivity index (χ2v) is 23.9. The van der Waals surface area contributed by atoms with E-state index >= 15 is 0 Å². The Labute approximate surface area is 473 Å². The van der Waals surface area contributed by atoms with Gasteiger partial charge in [-0.3, -0.25) is 4.98 Å². The van der Waals surface area contributed by atoms with Gasteiger partial charge in [0.05, 0.1) is 82.7 Å². The van der Waals surface area contributed by atoms with Crippen LogP contribution in [0.15, 0.2) is 194 Å². The fraction of sp³-hybridized carbons (Fsp3) is 0.108. The molecule has 6 nitrogen and oxygen atoms in total. The third-order valence-electron chi connectivity index (χ3n) is 17.1. The molecule has 0 radical (unpaired) electrons. The van der Waals surface area contributed by atoms with Crippen molar-refractivity contribution in [3.63, 3.8) is 0 Å². The molecule has 0 saturated carbocycles. The third kappa shape index (κ3) is 6.98. The molecule has 0 N–H and O–H groups in total.